The van der Waals surface area contributed by atoms with E-state index in [4.69, 9.17) is 10.5 Å². The van der Waals surface area contributed by atoms with Gasteiger partial charge in [0.15, 0.2) is 0 Å². The van der Waals surface area contributed by atoms with Crippen molar-refractivity contribution in [3.8, 4) is 0 Å². The lowest BCUT2D eigenvalue weighted by atomic mass is 9.97. The molecule has 3 aromatic rings. The fourth-order valence-corrected chi connectivity index (χ4v) is 5.13. The molecule has 0 heterocycles. The van der Waals surface area contributed by atoms with E-state index in [2.05, 4.69) is 17.6 Å². The molecule has 0 fully saturated rings. The number of anilines is 1. The van der Waals surface area contributed by atoms with Gasteiger partial charge in [-0.05, 0) is 68.1 Å². The van der Waals surface area contributed by atoms with Gasteiger partial charge in [-0.15, -0.1) is 0 Å². The Kier molecular flexibility index (Phi) is 12.3. The van der Waals surface area contributed by atoms with Crippen molar-refractivity contribution in [1.29, 1.82) is 0 Å². The monoisotopic (exact) mass is 602 g/mol. The zero-order valence-corrected chi connectivity index (χ0v) is 26.5. The van der Waals surface area contributed by atoms with Gasteiger partial charge in [-0.25, -0.2) is 4.79 Å². The molecule has 9 nitrogen and oxygen atoms in total. The van der Waals surface area contributed by atoms with Crippen molar-refractivity contribution in [1.82, 2.24) is 10.2 Å². The molecule has 3 rings (SSSR count). The third kappa shape index (κ3) is 10.1. The van der Waals surface area contributed by atoms with Crippen LogP contribution < -0.4 is 16.4 Å². The normalized spacial score (nSPS) is 12.7. The topological polar surface area (TPSA) is 131 Å². The lowest BCUT2D eigenvalue weighted by Crippen LogP contribution is -2.53. The number of amides is 4. The Morgan fingerprint density at radius 1 is 0.886 bits per heavy atom. The fourth-order valence-electron chi connectivity index (χ4n) is 5.13. The Morgan fingerprint density at radius 2 is 1.55 bits per heavy atom. The molecule has 0 aliphatic rings. The number of nitrogens with two attached hydrogens (primary N) is 1. The second kappa shape index (κ2) is 15.9. The van der Waals surface area contributed by atoms with Gasteiger partial charge in [0.1, 0.15) is 17.7 Å². The van der Waals surface area contributed by atoms with E-state index in [9.17, 15) is 19.2 Å². The molecule has 3 aromatic carbocycles. The maximum Gasteiger partial charge on any atom is 0.408 e. The maximum atomic E-state index is 14.3. The van der Waals surface area contributed by atoms with Crippen molar-refractivity contribution in [3.05, 3.63) is 77.9 Å². The number of nitrogens with zero attached hydrogens (tertiary/aromatic N) is 1. The van der Waals surface area contributed by atoms with Crippen molar-refractivity contribution in [2.45, 2.75) is 90.8 Å². The van der Waals surface area contributed by atoms with Crippen molar-refractivity contribution in [2.75, 3.05) is 11.9 Å². The van der Waals surface area contributed by atoms with Crippen LogP contribution in [-0.2, 0) is 19.1 Å². The first-order chi connectivity index (χ1) is 20.9. The minimum absolute atomic E-state index is 0.234. The summed E-state index contributed by atoms with van der Waals surface area (Å²) in [5, 5.41) is 7.56. The predicted molar refractivity (Wildman–Crippen MR) is 174 cm³/mol. The fraction of sp³-hybridized carbons (Fsp3) is 0.429. The van der Waals surface area contributed by atoms with Gasteiger partial charge in [-0.2, -0.15) is 0 Å². The number of benzene rings is 3. The largest absolute Gasteiger partial charge is 0.444 e. The lowest BCUT2D eigenvalue weighted by molar-refractivity contribution is -0.142. The first kappa shape index (κ1) is 34.1. The average molecular weight is 603 g/mol. The van der Waals surface area contributed by atoms with Gasteiger partial charge < -0.3 is 26.0 Å². The smallest absolute Gasteiger partial charge is 0.408 e. The quantitative estimate of drug-likeness (QED) is 0.184. The Labute approximate surface area is 260 Å². The number of carbonyl (C=O) groups excluding carboxylic acids is 4. The van der Waals surface area contributed by atoms with Crippen LogP contribution in [0.3, 0.4) is 0 Å². The van der Waals surface area contributed by atoms with Gasteiger partial charge >= 0.3 is 6.09 Å². The number of alkyl carbamates (subject to hydrolysis) is 1. The highest BCUT2D eigenvalue weighted by Gasteiger charge is 2.37. The van der Waals surface area contributed by atoms with E-state index in [0.29, 0.717) is 17.7 Å². The van der Waals surface area contributed by atoms with Crippen molar-refractivity contribution in [3.63, 3.8) is 0 Å². The summed E-state index contributed by atoms with van der Waals surface area (Å²) in [7, 11) is 0. The average Bonchev–Trinajstić information content (AvgIpc) is 2.95. The highest BCUT2D eigenvalue weighted by atomic mass is 16.6. The number of rotatable bonds is 14. The number of carbonyl (C=O) groups is 4. The molecule has 0 radical (unpaired) electrons. The number of ether oxygens (including phenoxy) is 1. The van der Waals surface area contributed by atoms with Gasteiger partial charge in [0.25, 0.3) is 5.91 Å². The Bertz CT molecular complexity index is 1450. The van der Waals surface area contributed by atoms with Crippen LogP contribution in [0.1, 0.15) is 83.4 Å². The molecule has 4 amide bonds. The van der Waals surface area contributed by atoms with E-state index in [1.54, 1.807) is 20.8 Å². The van der Waals surface area contributed by atoms with Gasteiger partial charge in [0, 0.05) is 12.2 Å². The minimum atomic E-state index is -1.32. The van der Waals surface area contributed by atoms with E-state index in [1.807, 2.05) is 73.7 Å². The van der Waals surface area contributed by atoms with Crippen molar-refractivity contribution in [2.24, 2.45) is 5.73 Å². The standard InChI is InChI=1S/C35H46N4O5/c1-6-7-8-9-14-21-39(33(42)29(23-30(36)40)38-34(43)44-35(3,4)5)31(28-18-13-10-15-24(28)2)32(41)37-27-20-19-25-16-11-12-17-26(25)22-27/h10-13,15-20,22,29,31H,6-9,14,21,23H2,1-5H3,(H2,36,40)(H,37,41)(H,38,43). The van der Waals surface area contributed by atoms with Crippen LogP contribution in [0.15, 0.2) is 66.7 Å². The van der Waals surface area contributed by atoms with Gasteiger partial charge in [0.2, 0.25) is 11.8 Å². The Hall–Kier alpha value is -4.40. The molecule has 0 aliphatic heterocycles. The highest BCUT2D eigenvalue weighted by Crippen LogP contribution is 2.29. The number of nitrogens with one attached hydrogen (secondary N) is 2. The maximum absolute atomic E-state index is 14.3. The van der Waals surface area contributed by atoms with Crippen LogP contribution in [0.25, 0.3) is 10.8 Å². The molecule has 2 atom stereocenters. The zero-order valence-electron chi connectivity index (χ0n) is 26.5. The third-order valence-corrected chi connectivity index (χ3v) is 7.24. The number of fused-ring (bicyclic) bond motifs is 1. The molecular weight excluding hydrogens is 556 g/mol. The second-order valence-corrected chi connectivity index (χ2v) is 12.1. The van der Waals surface area contributed by atoms with Crippen LogP contribution in [0, 0.1) is 6.92 Å². The second-order valence-electron chi connectivity index (χ2n) is 12.1. The number of unbranched alkanes of at least 4 members (excludes halogenated alkanes) is 4. The summed E-state index contributed by atoms with van der Waals surface area (Å²) in [5.41, 5.74) is 6.75. The van der Waals surface area contributed by atoms with E-state index in [1.165, 1.54) is 4.90 Å². The van der Waals surface area contributed by atoms with Crippen LogP contribution in [0.5, 0.6) is 0 Å². The summed E-state index contributed by atoms with van der Waals surface area (Å²) < 4.78 is 5.38. The minimum Gasteiger partial charge on any atom is -0.444 e. The van der Waals surface area contributed by atoms with E-state index < -0.39 is 47.9 Å². The van der Waals surface area contributed by atoms with Crippen LogP contribution in [-0.4, -0.2) is 46.9 Å². The molecule has 0 spiro atoms. The molecule has 2 unspecified atom stereocenters. The summed E-state index contributed by atoms with van der Waals surface area (Å²) in [6.07, 6.45) is 3.28. The van der Waals surface area contributed by atoms with Crippen LogP contribution in [0.2, 0.25) is 0 Å². The zero-order chi connectivity index (χ0) is 32.3. The molecule has 0 bridgehead atoms. The van der Waals surface area contributed by atoms with Crippen LogP contribution >= 0.6 is 0 Å². The number of primary amides is 1. The molecule has 0 saturated heterocycles. The lowest BCUT2D eigenvalue weighted by Gasteiger charge is -2.35. The van der Waals surface area contributed by atoms with Gasteiger partial charge in [-0.3, -0.25) is 14.4 Å². The summed E-state index contributed by atoms with van der Waals surface area (Å²) >= 11 is 0. The summed E-state index contributed by atoms with van der Waals surface area (Å²) in [5.74, 6) is -1.77. The molecular formula is C35H46N4O5. The van der Waals surface area contributed by atoms with Crippen LogP contribution in [0.4, 0.5) is 10.5 Å². The molecule has 9 heteroatoms. The predicted octanol–water partition coefficient (Wildman–Crippen LogP) is 6.40. The number of hydrogen-bond acceptors (Lipinski definition) is 5. The Morgan fingerprint density at radius 3 is 2.20 bits per heavy atom. The summed E-state index contributed by atoms with van der Waals surface area (Å²) in [6, 6.07) is 18.5. The third-order valence-electron chi connectivity index (χ3n) is 7.24. The van der Waals surface area contributed by atoms with Crippen molar-refractivity contribution < 1.29 is 23.9 Å². The Balaban J connectivity index is 2.04. The highest BCUT2D eigenvalue weighted by molar-refractivity contribution is 6.01. The number of aryl methyl sites for hydroxylation is 1. The molecule has 44 heavy (non-hydrogen) atoms. The molecule has 4 N–H and O–H groups in total. The van der Waals surface area contributed by atoms with E-state index in [-0.39, 0.29) is 6.54 Å². The first-order valence-corrected chi connectivity index (χ1v) is 15.3. The summed E-state index contributed by atoms with van der Waals surface area (Å²) in [6.45, 7) is 9.34. The molecule has 0 aliphatic carbocycles. The van der Waals surface area contributed by atoms with E-state index in [0.717, 1.165) is 42.0 Å². The van der Waals surface area contributed by atoms with E-state index >= 15 is 0 Å². The molecule has 236 valence electrons. The van der Waals surface area contributed by atoms with Gasteiger partial charge in [-0.1, -0.05) is 87.2 Å². The first-order valence-electron chi connectivity index (χ1n) is 15.3. The van der Waals surface area contributed by atoms with Crippen molar-refractivity contribution >= 4 is 40.3 Å². The van der Waals surface area contributed by atoms with Gasteiger partial charge in [0.05, 0.1) is 6.42 Å². The molecule has 0 saturated carbocycles. The summed E-state index contributed by atoms with van der Waals surface area (Å²) in [4.78, 5) is 54.9. The molecule has 0 aromatic heterocycles. The SMILES string of the molecule is CCCCCCCN(C(=O)C(CC(N)=O)NC(=O)OC(C)(C)C)C(C(=O)Nc1ccc2ccccc2c1)c1ccccc1C. The number of hydrogen-bond donors (Lipinski definition) is 3.